The van der Waals surface area contributed by atoms with Crippen molar-refractivity contribution in [1.29, 1.82) is 0 Å². The van der Waals surface area contributed by atoms with Gasteiger partial charge in [-0.05, 0) is 146 Å². The Morgan fingerprint density at radius 3 is 1.58 bits per heavy atom. The highest BCUT2D eigenvalue weighted by atomic mass is 19.3. The molecule has 32 heteroatoms. The summed E-state index contributed by atoms with van der Waals surface area (Å²) in [6.45, 7) is 14.2. The van der Waals surface area contributed by atoms with Crippen LogP contribution in [0, 0.1) is 52.1 Å². The van der Waals surface area contributed by atoms with E-state index in [0.29, 0.717) is 77.4 Å². The topological polar surface area (TPSA) is 345 Å². The average Bonchev–Trinajstić information content (AvgIpc) is 1.21. The number of anilines is 3. The Hall–Kier alpha value is -10.7. The second kappa shape index (κ2) is 28.3. The Labute approximate surface area is 565 Å². The maximum absolute atomic E-state index is 14.5. The Morgan fingerprint density at radius 1 is 0.660 bits per heavy atom. The van der Waals surface area contributed by atoms with E-state index in [0.717, 1.165) is 35.4 Å². The number of hydrogen-bond donors (Lipinski definition) is 9. The van der Waals surface area contributed by atoms with Gasteiger partial charge < -0.3 is 56.4 Å². The van der Waals surface area contributed by atoms with Crippen LogP contribution in [0.4, 0.5) is 52.2 Å². The monoisotopic (exact) mass is 1400 g/mol. The summed E-state index contributed by atoms with van der Waals surface area (Å²) in [4.78, 5) is 128. The van der Waals surface area contributed by atoms with Gasteiger partial charge in [-0.15, -0.1) is 0 Å². The van der Waals surface area contributed by atoms with Gasteiger partial charge in [0.05, 0.1) is 58.4 Å². The zero-order chi connectivity index (χ0) is 73.6. The van der Waals surface area contributed by atoms with Crippen LogP contribution >= 0.6 is 0 Å². The molecule has 3 aromatic carbocycles. The van der Waals surface area contributed by atoms with E-state index in [4.69, 9.17) is 5.73 Å². The lowest BCUT2D eigenvalue weighted by Crippen LogP contribution is -2.61. The molecule has 24 nitrogen and oxygen atoms in total. The second-order valence-corrected chi connectivity index (χ2v) is 26.1. The lowest BCUT2D eigenvalue weighted by molar-refractivity contribution is -0.148. The molecule has 4 aliphatic rings. The Kier molecular flexibility index (Phi) is 20.8. The van der Waals surface area contributed by atoms with Crippen molar-refractivity contribution < 1.29 is 88.2 Å². The third-order valence-corrected chi connectivity index (χ3v) is 17.8. The van der Waals surface area contributed by atoms with Gasteiger partial charge in [0, 0.05) is 60.8 Å². The first-order valence-electron chi connectivity index (χ1n) is 31.4. The molecule has 7 heterocycles. The number of carbonyl (C=O) groups excluding carboxylic acids is 10. The SMILES string of the molecule is Cc1c(C(=O)C(=O)NC2(c3cn[nH]n3)CC(F)(F)C2)c2n(c1C(=O)Nc1cccc(C(F)F)c1F)C[C@H](F)C2.Cc1ccc(NC(=O)c2c(C)c(C(=O)C(=O)NC(C)(C)C(N)=O)c3n2CCC3)cc1F.Cc1ccc(NC(=O)c2c(C)c(C(=O)C(=O)NC(C)(C)CO)c3n2CCC3)cc1F. The summed E-state index contributed by atoms with van der Waals surface area (Å²) in [6, 6.07) is 11.8. The number of aryl methyl sites for hydroxylation is 2. The number of nitrogens with two attached hydrogens (primary N) is 1. The first-order valence-corrected chi connectivity index (χ1v) is 31.4. The number of aromatic nitrogens is 6. The molecule has 530 valence electrons. The summed E-state index contributed by atoms with van der Waals surface area (Å²) in [5, 5.41) is 33.6. The van der Waals surface area contributed by atoms with E-state index in [1.165, 1.54) is 32.9 Å². The Morgan fingerprint density at radius 2 is 1.13 bits per heavy atom. The number of carbonyl (C=O) groups is 10. The number of benzene rings is 3. The number of H-pyrrole nitrogens is 1. The van der Waals surface area contributed by atoms with Crippen LogP contribution in [-0.4, -0.2) is 123 Å². The standard InChI is InChI=1S/C24H20F6N6O3.C22H25FN4O4.C22H26FN3O4/c1-10-16(19(37)22(39)33-23(8-24(29,30)9-23)15-6-31-35-34-15)14-5-11(25)7-36(14)18(10)21(38)32-13-4-2-3-12(17(13)26)20(27)28;1-11-7-8-13(10-14(11)23)25-19(29)17-12(2)16(15-6-5-9-27(15)17)18(28)20(30)26-22(3,4)21(24)31;1-12-7-8-14(10-15(12)23)24-20(29)18-13(2)17(16-6-5-9-26(16)18)19(28)21(30)25-22(3,4)11-27/h2-4,6,11,20H,5,7-9H2,1H3,(H,32,38)(H,33,39)(H,31,34,35);7-8,10H,5-6,9H2,1-4H3,(H2,24,31)(H,25,29)(H,26,30);7-8,10,27H,5-6,9,11H2,1-4H3,(H,24,29)(H,25,30)/t11-;;/m1../s1. The molecule has 10 N–H and O–H groups in total. The number of ketones is 3. The van der Waals surface area contributed by atoms with E-state index in [1.54, 1.807) is 74.9 Å². The molecule has 7 amide bonds. The first-order chi connectivity index (χ1) is 46.8. The number of rotatable bonds is 19. The zero-order valence-electron chi connectivity index (χ0n) is 55.6. The number of amides is 7. The third-order valence-electron chi connectivity index (χ3n) is 17.8. The molecule has 7 aromatic rings. The smallest absolute Gasteiger partial charge is 0.293 e. The van der Waals surface area contributed by atoms with E-state index in [2.05, 4.69) is 47.3 Å². The van der Waals surface area contributed by atoms with Crippen LogP contribution in [0.1, 0.15) is 178 Å². The molecule has 1 atom stereocenters. The Balaban J connectivity index is 0.000000177. The van der Waals surface area contributed by atoms with Gasteiger partial charge in [-0.1, -0.05) is 24.3 Å². The minimum Gasteiger partial charge on any atom is -0.394 e. The highest BCUT2D eigenvalue weighted by Gasteiger charge is 2.60. The van der Waals surface area contributed by atoms with Crippen LogP contribution in [0.15, 0.2) is 60.8 Å². The maximum atomic E-state index is 14.5. The van der Waals surface area contributed by atoms with Crippen molar-refractivity contribution in [3.05, 3.63) is 168 Å². The van der Waals surface area contributed by atoms with Gasteiger partial charge in [0.25, 0.3) is 65.1 Å². The van der Waals surface area contributed by atoms with Crippen molar-refractivity contribution in [3.8, 4) is 0 Å². The normalized spacial score (nSPS) is 15.3. The summed E-state index contributed by atoms with van der Waals surface area (Å²) in [5.74, 6) is -14.0. The van der Waals surface area contributed by atoms with Crippen LogP contribution in [0.2, 0.25) is 0 Å². The molecule has 1 aliphatic carbocycles. The zero-order valence-corrected chi connectivity index (χ0v) is 55.6. The fourth-order valence-electron chi connectivity index (χ4n) is 12.6. The number of aliphatic hydroxyl groups excluding tert-OH is 1. The van der Waals surface area contributed by atoms with Crippen molar-refractivity contribution in [2.75, 3.05) is 22.6 Å². The predicted octanol–water partition coefficient (Wildman–Crippen LogP) is 8.28. The number of aromatic amines is 1. The maximum Gasteiger partial charge on any atom is 0.293 e. The number of hydrogen-bond acceptors (Lipinski definition) is 13. The van der Waals surface area contributed by atoms with Gasteiger partial charge in [-0.2, -0.15) is 15.4 Å². The molecule has 0 saturated heterocycles. The number of primary amides is 1. The molecule has 1 saturated carbocycles. The van der Waals surface area contributed by atoms with Gasteiger partial charge in [0.2, 0.25) is 5.91 Å². The number of halogens is 8. The molecule has 4 aromatic heterocycles. The van der Waals surface area contributed by atoms with Gasteiger partial charge in [0.1, 0.15) is 46.1 Å². The van der Waals surface area contributed by atoms with E-state index < -0.39 is 135 Å². The number of nitrogens with one attached hydrogen (secondary N) is 7. The largest absolute Gasteiger partial charge is 0.394 e. The molecule has 3 aliphatic heterocycles. The first kappa shape index (κ1) is 73.6. The quantitative estimate of drug-likeness (QED) is 0.0209. The van der Waals surface area contributed by atoms with Crippen molar-refractivity contribution in [3.63, 3.8) is 0 Å². The fourth-order valence-corrected chi connectivity index (χ4v) is 12.6. The molecule has 0 bridgehead atoms. The van der Waals surface area contributed by atoms with E-state index in [9.17, 15) is 88.2 Å². The van der Waals surface area contributed by atoms with Gasteiger partial charge in [-0.3, -0.25) is 47.9 Å². The molecular formula is C68H71F8N13O11. The summed E-state index contributed by atoms with van der Waals surface area (Å²) in [6.07, 6.45) is -2.96. The van der Waals surface area contributed by atoms with Gasteiger partial charge in [-0.25, -0.2) is 35.1 Å². The van der Waals surface area contributed by atoms with E-state index in [1.807, 2.05) is 0 Å². The molecule has 11 rings (SSSR count). The molecule has 1 fully saturated rings. The Bertz CT molecular complexity index is 4520. The third kappa shape index (κ3) is 14.7. The van der Waals surface area contributed by atoms with Gasteiger partial charge in [0.15, 0.2) is 5.82 Å². The molecule has 0 radical (unpaired) electrons. The summed E-state index contributed by atoms with van der Waals surface area (Å²) >= 11 is 0. The predicted molar refractivity (Wildman–Crippen MR) is 344 cm³/mol. The molecular weight excluding hydrogens is 1330 g/mol. The highest BCUT2D eigenvalue weighted by molar-refractivity contribution is 6.45. The summed E-state index contributed by atoms with van der Waals surface area (Å²) in [7, 11) is 0. The number of Topliss-reactive ketones (excluding diaryl/α,β-unsaturated/α-hetero) is 3. The average molecular weight is 1400 g/mol. The van der Waals surface area contributed by atoms with Crippen molar-refractivity contribution in [2.24, 2.45) is 5.73 Å². The van der Waals surface area contributed by atoms with Gasteiger partial charge >= 0.3 is 0 Å². The number of aliphatic hydroxyl groups is 1. The fraction of sp³-hybridized carbons (Fsp3) is 0.382. The minimum absolute atomic E-state index is 0.00893. The van der Waals surface area contributed by atoms with E-state index >= 15 is 0 Å². The lowest BCUT2D eigenvalue weighted by Gasteiger charge is -2.46. The van der Waals surface area contributed by atoms with Crippen LogP contribution in [0.5, 0.6) is 0 Å². The summed E-state index contributed by atoms with van der Waals surface area (Å²) in [5.41, 5.74) is 3.57. The highest BCUT2D eigenvalue weighted by Crippen LogP contribution is 2.51. The summed E-state index contributed by atoms with van der Waals surface area (Å²) < 4.78 is 115. The van der Waals surface area contributed by atoms with E-state index in [-0.39, 0.29) is 70.3 Å². The number of nitrogens with zero attached hydrogens (tertiary/aromatic N) is 5. The number of fused-ring (bicyclic) bond motifs is 3. The lowest BCUT2D eigenvalue weighted by atomic mass is 9.71. The minimum atomic E-state index is -3.15. The van der Waals surface area contributed by atoms with Crippen LogP contribution in [0.3, 0.4) is 0 Å². The molecule has 0 spiro atoms. The molecule has 0 unspecified atom stereocenters. The van der Waals surface area contributed by atoms with Crippen molar-refractivity contribution in [1.82, 2.24) is 45.1 Å². The number of alkyl halides is 5. The van der Waals surface area contributed by atoms with Crippen LogP contribution in [-0.2, 0) is 63.6 Å². The molecule has 100 heavy (non-hydrogen) atoms. The van der Waals surface area contributed by atoms with Crippen molar-refractivity contribution >= 4 is 75.8 Å². The van der Waals surface area contributed by atoms with Crippen LogP contribution < -0.4 is 37.6 Å². The second-order valence-electron chi connectivity index (χ2n) is 26.1. The van der Waals surface area contributed by atoms with Crippen LogP contribution in [0.25, 0.3) is 0 Å². The van der Waals surface area contributed by atoms with Crippen molar-refractivity contribution in [2.45, 2.75) is 162 Å².